The second-order valence-electron chi connectivity index (χ2n) is 7.79. The van der Waals surface area contributed by atoms with Crippen molar-refractivity contribution in [3.05, 3.63) is 71.3 Å². The lowest BCUT2D eigenvalue weighted by molar-refractivity contribution is 0.0194. The number of halogens is 2. The van der Waals surface area contributed by atoms with Crippen LogP contribution in [-0.4, -0.2) is 37.3 Å². The van der Waals surface area contributed by atoms with E-state index in [0.29, 0.717) is 19.6 Å². The van der Waals surface area contributed by atoms with Crippen LogP contribution in [-0.2, 0) is 4.74 Å². The van der Waals surface area contributed by atoms with Gasteiger partial charge in [-0.05, 0) is 67.6 Å². The third kappa shape index (κ3) is 7.37. The van der Waals surface area contributed by atoms with Gasteiger partial charge in [-0.25, -0.2) is 8.78 Å². The Hall–Kier alpha value is -2.88. The van der Waals surface area contributed by atoms with Crippen LogP contribution >= 0.6 is 0 Å². The van der Waals surface area contributed by atoms with Gasteiger partial charge in [-0.2, -0.15) is 4.99 Å². The van der Waals surface area contributed by atoms with E-state index < -0.39 is 23.9 Å². The average molecular weight is 446 g/mol. The molecule has 1 saturated heterocycles. The molecule has 7 nitrogen and oxygen atoms in total. The van der Waals surface area contributed by atoms with E-state index in [1.165, 1.54) is 36.4 Å². The van der Waals surface area contributed by atoms with Crippen LogP contribution in [0.1, 0.15) is 47.6 Å². The van der Waals surface area contributed by atoms with Gasteiger partial charge >= 0.3 is 0 Å². The van der Waals surface area contributed by atoms with Crippen molar-refractivity contribution in [1.29, 1.82) is 0 Å². The van der Waals surface area contributed by atoms with Gasteiger partial charge < -0.3 is 26.8 Å². The Labute approximate surface area is 186 Å². The summed E-state index contributed by atoms with van der Waals surface area (Å²) in [7, 11) is 0. The molecule has 0 spiro atoms. The third-order valence-corrected chi connectivity index (χ3v) is 5.20. The van der Waals surface area contributed by atoms with Crippen LogP contribution in [0.15, 0.2) is 53.5 Å². The maximum absolute atomic E-state index is 13.2. The van der Waals surface area contributed by atoms with Gasteiger partial charge in [0.25, 0.3) is 5.91 Å². The van der Waals surface area contributed by atoms with E-state index >= 15 is 0 Å². The summed E-state index contributed by atoms with van der Waals surface area (Å²) in [5, 5.41) is 6.09. The van der Waals surface area contributed by atoms with Crippen molar-refractivity contribution >= 4 is 11.9 Å². The summed E-state index contributed by atoms with van der Waals surface area (Å²) in [6.07, 6.45) is 2.71. The minimum atomic E-state index is -0.630. The molecule has 3 atom stereocenters. The number of carbonyl (C=O) groups excluding carboxylic acids is 1. The number of rotatable bonds is 7. The number of guanidine groups is 1. The Morgan fingerprint density at radius 1 is 1.06 bits per heavy atom. The Morgan fingerprint density at radius 2 is 1.72 bits per heavy atom. The molecule has 0 bridgehead atoms. The van der Waals surface area contributed by atoms with Gasteiger partial charge in [0.15, 0.2) is 0 Å². The Bertz CT molecular complexity index is 900. The fourth-order valence-electron chi connectivity index (χ4n) is 3.41. The third-order valence-electron chi connectivity index (χ3n) is 5.20. The van der Waals surface area contributed by atoms with Crippen LogP contribution in [0.5, 0.6) is 0 Å². The quantitative estimate of drug-likeness (QED) is 0.296. The number of aliphatic imine (C=N–C) groups is 1. The van der Waals surface area contributed by atoms with Crippen LogP contribution < -0.4 is 22.1 Å². The lowest BCUT2D eigenvalue weighted by Crippen LogP contribution is -2.51. The van der Waals surface area contributed by atoms with E-state index in [9.17, 15) is 13.6 Å². The van der Waals surface area contributed by atoms with Crippen molar-refractivity contribution in [2.24, 2.45) is 16.5 Å². The zero-order valence-corrected chi connectivity index (χ0v) is 17.8. The second-order valence-corrected chi connectivity index (χ2v) is 7.79. The first kappa shape index (κ1) is 23.8. The summed E-state index contributed by atoms with van der Waals surface area (Å²) in [5.41, 5.74) is 13.4. The predicted molar refractivity (Wildman–Crippen MR) is 119 cm³/mol. The van der Waals surface area contributed by atoms with Gasteiger partial charge in [-0.3, -0.25) is 4.79 Å². The molecule has 32 heavy (non-hydrogen) atoms. The zero-order valence-electron chi connectivity index (χ0n) is 17.8. The van der Waals surface area contributed by atoms with E-state index in [0.717, 1.165) is 24.8 Å². The molecule has 6 N–H and O–H groups in total. The Balaban J connectivity index is 1.66. The summed E-state index contributed by atoms with van der Waals surface area (Å²) < 4.78 is 32.0. The summed E-state index contributed by atoms with van der Waals surface area (Å²) in [4.78, 5) is 16.7. The van der Waals surface area contributed by atoms with Gasteiger partial charge in [0.05, 0.1) is 12.3 Å². The topological polar surface area (TPSA) is 115 Å². The minimum Gasteiger partial charge on any atom is -0.376 e. The fourth-order valence-corrected chi connectivity index (χ4v) is 3.41. The molecule has 9 heteroatoms. The standard InChI is InChI=1S/C23H29F2N5O2/c24-17-8-4-15(5-9-17)20(26)13-21(27)29-23(28-14-19-3-1-2-12-32-19)30-22(31)16-6-10-18(25)11-7-16/h4-11,19-21H,1-3,12-14,26-27H2,(H2,28,29,30,31). The van der Waals surface area contributed by atoms with Gasteiger partial charge in [-0.1, -0.05) is 12.1 Å². The first-order valence-corrected chi connectivity index (χ1v) is 10.7. The summed E-state index contributed by atoms with van der Waals surface area (Å²) in [5.74, 6) is -1.13. The highest BCUT2D eigenvalue weighted by atomic mass is 19.1. The van der Waals surface area contributed by atoms with Crippen LogP contribution in [0.2, 0.25) is 0 Å². The molecule has 1 aliphatic heterocycles. The number of nitrogens with zero attached hydrogens (tertiary/aromatic N) is 1. The largest absolute Gasteiger partial charge is 0.376 e. The molecule has 0 saturated carbocycles. The first-order valence-electron chi connectivity index (χ1n) is 10.7. The first-order chi connectivity index (χ1) is 15.4. The number of nitrogens with two attached hydrogens (primary N) is 2. The number of hydrogen-bond acceptors (Lipinski definition) is 4. The molecular weight excluding hydrogens is 416 g/mol. The maximum Gasteiger partial charge on any atom is 0.280 e. The Morgan fingerprint density at radius 3 is 2.34 bits per heavy atom. The zero-order chi connectivity index (χ0) is 22.9. The molecule has 1 heterocycles. The van der Waals surface area contributed by atoms with Gasteiger partial charge in [0.1, 0.15) is 11.6 Å². The molecule has 0 aliphatic carbocycles. The highest BCUT2D eigenvalue weighted by Crippen LogP contribution is 2.15. The molecular formula is C23H29F2N5O2. The summed E-state index contributed by atoms with van der Waals surface area (Å²) in [6, 6.07) is 10.6. The maximum atomic E-state index is 13.2. The predicted octanol–water partition coefficient (Wildman–Crippen LogP) is 2.58. The number of hydrogen-bond donors (Lipinski definition) is 4. The molecule has 1 fully saturated rings. The number of nitrogens with one attached hydrogen (secondary N) is 2. The van der Waals surface area contributed by atoms with Crippen molar-refractivity contribution < 1.29 is 18.3 Å². The molecule has 1 amide bonds. The van der Waals surface area contributed by atoms with E-state index in [-0.39, 0.29) is 23.4 Å². The highest BCUT2D eigenvalue weighted by molar-refractivity contribution is 6.02. The Kier molecular flexibility index (Phi) is 8.66. The van der Waals surface area contributed by atoms with E-state index in [2.05, 4.69) is 15.6 Å². The van der Waals surface area contributed by atoms with Crippen LogP contribution in [0, 0.1) is 11.6 Å². The molecule has 2 aromatic rings. The van der Waals surface area contributed by atoms with Gasteiger partial charge in [-0.15, -0.1) is 0 Å². The fraction of sp³-hybridized carbons (Fsp3) is 0.391. The molecule has 2 aromatic carbocycles. The SMILES string of the molecule is NC(CC(N)c1ccc(F)cc1)N/C(=N\C(=O)c1ccc(F)cc1)NCC1CCCCO1. The average Bonchev–Trinajstić information content (AvgIpc) is 2.79. The molecule has 172 valence electrons. The van der Waals surface area contributed by atoms with Crippen molar-refractivity contribution in [3.8, 4) is 0 Å². The second kappa shape index (κ2) is 11.7. The normalized spacial score (nSPS) is 18.6. The van der Waals surface area contributed by atoms with E-state index in [1.54, 1.807) is 12.1 Å². The van der Waals surface area contributed by atoms with Crippen molar-refractivity contribution in [3.63, 3.8) is 0 Å². The smallest absolute Gasteiger partial charge is 0.280 e. The van der Waals surface area contributed by atoms with Crippen LogP contribution in [0.3, 0.4) is 0 Å². The number of amides is 1. The lowest BCUT2D eigenvalue weighted by Gasteiger charge is -2.25. The van der Waals surface area contributed by atoms with E-state index in [4.69, 9.17) is 16.2 Å². The minimum absolute atomic E-state index is 0.00868. The molecule has 0 aromatic heterocycles. The molecule has 1 aliphatic rings. The number of ether oxygens (including phenoxy) is 1. The lowest BCUT2D eigenvalue weighted by atomic mass is 10.0. The monoisotopic (exact) mass is 445 g/mol. The van der Waals surface area contributed by atoms with Crippen molar-refractivity contribution in [1.82, 2.24) is 10.6 Å². The molecule has 0 radical (unpaired) electrons. The summed E-state index contributed by atoms with van der Waals surface area (Å²) in [6.45, 7) is 1.16. The highest BCUT2D eigenvalue weighted by Gasteiger charge is 2.18. The van der Waals surface area contributed by atoms with Crippen molar-refractivity contribution in [2.75, 3.05) is 13.2 Å². The summed E-state index contributed by atoms with van der Waals surface area (Å²) >= 11 is 0. The molecule has 3 rings (SSSR count). The van der Waals surface area contributed by atoms with Crippen LogP contribution in [0.4, 0.5) is 8.78 Å². The number of carbonyl (C=O) groups is 1. The van der Waals surface area contributed by atoms with Crippen molar-refractivity contribution in [2.45, 2.75) is 44.0 Å². The van der Waals surface area contributed by atoms with Gasteiger partial charge in [0, 0.05) is 24.8 Å². The van der Waals surface area contributed by atoms with Gasteiger partial charge in [0.2, 0.25) is 5.96 Å². The molecule has 3 unspecified atom stereocenters. The van der Waals surface area contributed by atoms with Crippen LogP contribution in [0.25, 0.3) is 0 Å². The number of benzene rings is 2. The van der Waals surface area contributed by atoms with E-state index in [1.807, 2.05) is 0 Å².